The molecule has 0 bridgehead atoms. The summed E-state index contributed by atoms with van der Waals surface area (Å²) in [6.07, 6.45) is 1.52. The van der Waals surface area contributed by atoms with Crippen molar-refractivity contribution in [2.75, 3.05) is 0 Å². The summed E-state index contributed by atoms with van der Waals surface area (Å²) in [4.78, 5) is 0. The number of pyridine rings is 1. The van der Waals surface area contributed by atoms with Gasteiger partial charge in [-0.15, -0.1) is 0 Å². The Kier molecular flexibility index (Phi) is 5.87. The minimum absolute atomic E-state index is 0.245. The SMILES string of the molecule is Cc1ccc2c(oc3c(-c4cccc(-c5ccccc5)c4)c(F)ccc32)c1-c1cc(C(C)(C)C)c(F)c[n+]1C. The van der Waals surface area contributed by atoms with E-state index in [9.17, 15) is 4.39 Å². The van der Waals surface area contributed by atoms with Gasteiger partial charge in [0.25, 0.3) is 0 Å². The summed E-state index contributed by atoms with van der Waals surface area (Å²) in [5.74, 6) is -0.585. The van der Waals surface area contributed by atoms with Crippen molar-refractivity contribution in [3.8, 4) is 33.5 Å². The van der Waals surface area contributed by atoms with E-state index in [-0.39, 0.29) is 17.0 Å². The molecule has 0 fully saturated rings. The van der Waals surface area contributed by atoms with Crippen LogP contribution in [0.15, 0.2) is 95.5 Å². The number of aromatic nitrogens is 1. The van der Waals surface area contributed by atoms with Crippen molar-refractivity contribution in [1.29, 1.82) is 0 Å². The van der Waals surface area contributed by atoms with Gasteiger partial charge in [0, 0.05) is 22.4 Å². The van der Waals surface area contributed by atoms with Crippen LogP contribution in [0.25, 0.3) is 55.4 Å². The Bertz CT molecular complexity index is 1880. The van der Waals surface area contributed by atoms with Gasteiger partial charge in [0.15, 0.2) is 5.82 Å². The third-order valence-corrected chi connectivity index (χ3v) is 7.52. The number of halogens is 2. The number of hydrogen-bond donors (Lipinski definition) is 0. The molecule has 0 aliphatic carbocycles. The van der Waals surface area contributed by atoms with Crippen LogP contribution in [0.4, 0.5) is 8.78 Å². The van der Waals surface area contributed by atoms with Crippen molar-refractivity contribution in [3.63, 3.8) is 0 Å². The fourth-order valence-electron chi connectivity index (χ4n) is 5.49. The molecule has 0 radical (unpaired) electrons. The van der Waals surface area contributed by atoms with Crippen molar-refractivity contribution in [3.05, 3.63) is 114 Å². The zero-order chi connectivity index (χ0) is 27.5. The summed E-state index contributed by atoms with van der Waals surface area (Å²) in [7, 11) is 1.84. The lowest BCUT2D eigenvalue weighted by Gasteiger charge is -2.19. The second kappa shape index (κ2) is 9.16. The maximum Gasteiger partial charge on any atom is 0.216 e. The molecule has 2 nitrogen and oxygen atoms in total. The molecule has 0 aliphatic rings. The van der Waals surface area contributed by atoms with E-state index in [2.05, 4.69) is 0 Å². The summed E-state index contributed by atoms with van der Waals surface area (Å²) >= 11 is 0. The third-order valence-electron chi connectivity index (χ3n) is 7.52. The smallest absolute Gasteiger partial charge is 0.216 e. The summed E-state index contributed by atoms with van der Waals surface area (Å²) in [5, 5.41) is 1.74. The van der Waals surface area contributed by atoms with E-state index in [0.29, 0.717) is 22.3 Å². The second-order valence-electron chi connectivity index (χ2n) is 11.3. The van der Waals surface area contributed by atoms with Crippen LogP contribution in [0.5, 0.6) is 0 Å². The number of furan rings is 1. The topological polar surface area (TPSA) is 17.0 Å². The Morgan fingerprint density at radius 3 is 2.03 bits per heavy atom. The summed E-state index contributed by atoms with van der Waals surface area (Å²) < 4.78 is 38.9. The van der Waals surface area contributed by atoms with Gasteiger partial charge >= 0.3 is 0 Å². The fraction of sp³-hybridized carbons (Fsp3) is 0.171. The molecule has 6 rings (SSSR count). The average molecular weight is 519 g/mol. The lowest BCUT2D eigenvalue weighted by atomic mass is 9.86. The summed E-state index contributed by atoms with van der Waals surface area (Å²) in [6, 6.07) is 27.2. The standard InChI is InChI=1S/C35H30F2NO/c1-21-14-15-25-26-16-17-28(36)32(24-13-9-12-23(18-24)22-10-7-6-8-11-22)34(26)39-33(25)31(21)30-19-27(35(2,3)4)29(37)20-38(30)5/h6-20H,1-5H3/q+1. The highest BCUT2D eigenvalue weighted by Gasteiger charge is 2.28. The molecule has 39 heavy (non-hydrogen) atoms. The fourth-order valence-corrected chi connectivity index (χ4v) is 5.49. The Hall–Kier alpha value is -4.31. The van der Waals surface area contributed by atoms with Crippen LogP contribution in [-0.4, -0.2) is 0 Å². The van der Waals surface area contributed by atoms with Gasteiger partial charge in [0.2, 0.25) is 11.9 Å². The van der Waals surface area contributed by atoms with E-state index in [0.717, 1.165) is 44.3 Å². The Balaban J connectivity index is 1.63. The van der Waals surface area contributed by atoms with Crippen molar-refractivity contribution in [1.82, 2.24) is 0 Å². The average Bonchev–Trinajstić information content (AvgIpc) is 3.27. The molecule has 2 aromatic heterocycles. The molecule has 4 heteroatoms. The molecule has 0 unspecified atom stereocenters. The largest absolute Gasteiger partial charge is 0.454 e. The molecule has 194 valence electrons. The van der Waals surface area contributed by atoms with Gasteiger partial charge in [-0.05, 0) is 52.8 Å². The highest BCUT2D eigenvalue weighted by Crippen LogP contribution is 2.42. The quantitative estimate of drug-likeness (QED) is 0.213. The molecule has 0 amide bonds. The third kappa shape index (κ3) is 4.21. The van der Waals surface area contributed by atoms with Crippen LogP contribution in [0.3, 0.4) is 0 Å². The van der Waals surface area contributed by atoms with E-state index in [4.69, 9.17) is 4.42 Å². The van der Waals surface area contributed by atoms with Gasteiger partial charge in [0.1, 0.15) is 24.0 Å². The first-order valence-electron chi connectivity index (χ1n) is 13.1. The molecule has 4 aromatic carbocycles. The number of hydrogen-bond acceptors (Lipinski definition) is 1. The van der Waals surface area contributed by atoms with Crippen molar-refractivity contribution in [2.24, 2.45) is 7.05 Å². The zero-order valence-electron chi connectivity index (χ0n) is 22.8. The van der Waals surface area contributed by atoms with Gasteiger partial charge in [-0.25, -0.2) is 8.78 Å². The predicted molar refractivity (Wildman–Crippen MR) is 155 cm³/mol. The number of fused-ring (bicyclic) bond motifs is 3. The van der Waals surface area contributed by atoms with Crippen LogP contribution in [0, 0.1) is 18.6 Å². The van der Waals surface area contributed by atoms with E-state index in [1.54, 1.807) is 10.6 Å². The Morgan fingerprint density at radius 2 is 1.31 bits per heavy atom. The van der Waals surface area contributed by atoms with Crippen molar-refractivity contribution in [2.45, 2.75) is 33.1 Å². The van der Waals surface area contributed by atoms with Crippen LogP contribution in [-0.2, 0) is 12.5 Å². The maximum absolute atomic E-state index is 15.6. The van der Waals surface area contributed by atoms with Crippen molar-refractivity contribution >= 4 is 21.9 Å². The van der Waals surface area contributed by atoms with Crippen LogP contribution < -0.4 is 4.57 Å². The van der Waals surface area contributed by atoms with Gasteiger partial charge in [-0.2, -0.15) is 4.57 Å². The van der Waals surface area contributed by atoms with Gasteiger partial charge in [-0.1, -0.05) is 81.4 Å². The molecule has 6 aromatic rings. The first-order valence-corrected chi connectivity index (χ1v) is 13.1. The monoisotopic (exact) mass is 518 g/mol. The molecule has 0 spiro atoms. The molecule has 0 aliphatic heterocycles. The van der Waals surface area contributed by atoms with Crippen LogP contribution >= 0.6 is 0 Å². The van der Waals surface area contributed by atoms with Crippen molar-refractivity contribution < 1.29 is 17.8 Å². The number of benzene rings is 4. The number of rotatable bonds is 3. The van der Waals surface area contributed by atoms with E-state index >= 15 is 4.39 Å². The van der Waals surface area contributed by atoms with Crippen LogP contribution in [0.1, 0.15) is 31.9 Å². The van der Waals surface area contributed by atoms with Crippen LogP contribution in [0.2, 0.25) is 0 Å². The summed E-state index contributed by atoms with van der Waals surface area (Å²) in [6.45, 7) is 8.03. The first-order chi connectivity index (χ1) is 18.6. The second-order valence-corrected chi connectivity index (χ2v) is 11.3. The number of nitrogens with zero attached hydrogens (tertiary/aromatic N) is 1. The minimum atomic E-state index is -0.372. The predicted octanol–water partition coefficient (Wildman–Crippen LogP) is 9.30. The molecule has 0 saturated carbocycles. The molecular formula is C35H30F2NO+. The highest BCUT2D eigenvalue weighted by molar-refractivity contribution is 6.13. The lowest BCUT2D eigenvalue weighted by Crippen LogP contribution is -2.33. The lowest BCUT2D eigenvalue weighted by molar-refractivity contribution is -0.662. The minimum Gasteiger partial charge on any atom is -0.454 e. The first kappa shape index (κ1) is 25.0. The normalized spacial score (nSPS) is 12.0. The molecule has 2 heterocycles. The van der Waals surface area contributed by atoms with Gasteiger partial charge < -0.3 is 4.42 Å². The van der Waals surface area contributed by atoms with E-state index in [1.165, 1.54) is 12.3 Å². The highest BCUT2D eigenvalue weighted by atomic mass is 19.1. The molecular weight excluding hydrogens is 488 g/mol. The van der Waals surface area contributed by atoms with Gasteiger partial charge in [0.05, 0.1) is 11.1 Å². The molecule has 0 atom stereocenters. The number of aryl methyl sites for hydroxylation is 2. The molecule has 0 saturated heterocycles. The maximum atomic E-state index is 15.6. The van der Waals surface area contributed by atoms with E-state index in [1.807, 2.05) is 108 Å². The zero-order valence-corrected chi connectivity index (χ0v) is 22.8. The van der Waals surface area contributed by atoms with E-state index < -0.39 is 0 Å². The Morgan fingerprint density at radius 1 is 0.667 bits per heavy atom. The Labute approximate surface area is 227 Å². The summed E-state index contributed by atoms with van der Waals surface area (Å²) in [5.41, 5.74) is 7.40. The molecule has 0 N–H and O–H groups in total. The van der Waals surface area contributed by atoms with Gasteiger partial charge in [-0.3, -0.25) is 0 Å².